The van der Waals surface area contributed by atoms with E-state index in [0.29, 0.717) is 22.2 Å². The molecule has 0 amide bonds. The first kappa shape index (κ1) is 12.7. The number of hydrogen-bond donors (Lipinski definition) is 3. The van der Waals surface area contributed by atoms with Gasteiger partial charge < -0.3 is 15.5 Å². The van der Waals surface area contributed by atoms with Gasteiger partial charge in [0.15, 0.2) is 0 Å². The van der Waals surface area contributed by atoms with Gasteiger partial charge in [-0.15, -0.1) is 0 Å². The predicted molar refractivity (Wildman–Crippen MR) is 61.4 cm³/mol. The van der Waals surface area contributed by atoms with E-state index in [2.05, 4.69) is 5.32 Å². The average Bonchev–Trinajstić information content (AvgIpc) is 2.17. The molecular weight excluding hydrogens is 237 g/mol. The van der Waals surface area contributed by atoms with Gasteiger partial charge >= 0.3 is 0 Å². The Morgan fingerprint density at radius 1 is 1.33 bits per heavy atom. The van der Waals surface area contributed by atoms with E-state index in [4.69, 9.17) is 23.2 Å². The van der Waals surface area contributed by atoms with Crippen molar-refractivity contribution in [1.29, 1.82) is 0 Å². The Labute approximate surface area is 98.6 Å². The molecule has 0 aliphatic heterocycles. The van der Waals surface area contributed by atoms with E-state index < -0.39 is 12.2 Å². The fourth-order valence-electron chi connectivity index (χ4n) is 1.27. The third-order valence-electron chi connectivity index (χ3n) is 2.06. The van der Waals surface area contributed by atoms with Gasteiger partial charge in [0.25, 0.3) is 0 Å². The summed E-state index contributed by atoms with van der Waals surface area (Å²) < 4.78 is 0. The zero-order chi connectivity index (χ0) is 11.4. The molecule has 1 aromatic rings. The summed E-state index contributed by atoms with van der Waals surface area (Å²) in [6.07, 6.45) is -1.91. The number of likely N-dealkylation sites (N-methyl/N-ethyl adjacent to an activating group) is 1. The minimum Gasteiger partial charge on any atom is -0.389 e. The molecule has 0 saturated heterocycles. The highest BCUT2D eigenvalue weighted by atomic mass is 35.5. The fraction of sp³-hybridized carbons (Fsp3) is 0.400. The number of rotatable bonds is 4. The monoisotopic (exact) mass is 249 g/mol. The summed E-state index contributed by atoms with van der Waals surface area (Å²) in [7, 11) is 1.69. The third kappa shape index (κ3) is 3.33. The molecule has 1 rings (SSSR count). The number of nitrogens with one attached hydrogen (secondary N) is 1. The van der Waals surface area contributed by atoms with Crippen molar-refractivity contribution >= 4 is 23.2 Å². The van der Waals surface area contributed by atoms with Crippen LogP contribution in [-0.4, -0.2) is 29.9 Å². The highest BCUT2D eigenvalue weighted by molar-refractivity contribution is 6.35. The highest BCUT2D eigenvalue weighted by Crippen LogP contribution is 2.27. The van der Waals surface area contributed by atoms with Crippen LogP contribution in [0.2, 0.25) is 10.0 Å². The van der Waals surface area contributed by atoms with Crippen molar-refractivity contribution < 1.29 is 10.2 Å². The van der Waals surface area contributed by atoms with Crippen molar-refractivity contribution in [3.05, 3.63) is 33.8 Å². The van der Waals surface area contributed by atoms with E-state index in [-0.39, 0.29) is 0 Å². The minimum atomic E-state index is -1.01. The maximum absolute atomic E-state index is 9.77. The van der Waals surface area contributed by atoms with Gasteiger partial charge in [-0.25, -0.2) is 0 Å². The summed E-state index contributed by atoms with van der Waals surface area (Å²) >= 11 is 11.6. The first-order valence-electron chi connectivity index (χ1n) is 4.52. The number of halogens is 2. The molecule has 0 aliphatic carbocycles. The molecular formula is C10H13Cl2NO2. The van der Waals surface area contributed by atoms with Gasteiger partial charge in [-0.1, -0.05) is 29.3 Å². The van der Waals surface area contributed by atoms with Crippen molar-refractivity contribution in [3.8, 4) is 0 Å². The van der Waals surface area contributed by atoms with Crippen LogP contribution >= 0.6 is 23.2 Å². The van der Waals surface area contributed by atoms with Gasteiger partial charge in [0.2, 0.25) is 0 Å². The Hall–Kier alpha value is -0.320. The van der Waals surface area contributed by atoms with E-state index in [9.17, 15) is 10.2 Å². The summed E-state index contributed by atoms with van der Waals surface area (Å²) in [6.45, 7) is 0.292. The van der Waals surface area contributed by atoms with Crippen LogP contribution in [0.5, 0.6) is 0 Å². The molecule has 0 spiro atoms. The molecule has 2 unspecified atom stereocenters. The molecule has 0 aromatic heterocycles. The van der Waals surface area contributed by atoms with Crippen molar-refractivity contribution in [2.75, 3.05) is 13.6 Å². The Kier molecular flexibility index (Phi) is 4.83. The molecule has 0 saturated carbocycles. The molecule has 2 atom stereocenters. The van der Waals surface area contributed by atoms with E-state index >= 15 is 0 Å². The SMILES string of the molecule is CNCC(O)C(O)c1ccc(Cl)cc1Cl. The summed E-state index contributed by atoms with van der Waals surface area (Å²) in [6, 6.07) is 4.76. The minimum absolute atomic E-state index is 0.292. The normalized spacial score (nSPS) is 15.0. The van der Waals surface area contributed by atoms with Crippen LogP contribution in [0.15, 0.2) is 18.2 Å². The Morgan fingerprint density at radius 3 is 2.53 bits per heavy atom. The van der Waals surface area contributed by atoms with E-state index in [1.807, 2.05) is 0 Å². The quantitative estimate of drug-likeness (QED) is 0.760. The zero-order valence-corrected chi connectivity index (χ0v) is 9.76. The van der Waals surface area contributed by atoms with Crippen molar-refractivity contribution in [1.82, 2.24) is 5.32 Å². The zero-order valence-electron chi connectivity index (χ0n) is 8.24. The van der Waals surface area contributed by atoms with Crippen LogP contribution in [-0.2, 0) is 0 Å². The second kappa shape index (κ2) is 5.68. The first-order valence-corrected chi connectivity index (χ1v) is 5.27. The van der Waals surface area contributed by atoms with Crippen LogP contribution in [0, 0.1) is 0 Å². The number of aliphatic hydroxyl groups is 2. The van der Waals surface area contributed by atoms with Gasteiger partial charge in [0, 0.05) is 22.2 Å². The predicted octanol–water partition coefficient (Wildman–Crippen LogP) is 1.61. The summed E-state index contributed by atoms with van der Waals surface area (Å²) in [4.78, 5) is 0. The van der Waals surface area contributed by atoms with Gasteiger partial charge in [-0.3, -0.25) is 0 Å². The van der Waals surface area contributed by atoms with E-state index in [0.717, 1.165) is 0 Å². The highest BCUT2D eigenvalue weighted by Gasteiger charge is 2.19. The lowest BCUT2D eigenvalue weighted by atomic mass is 10.0. The van der Waals surface area contributed by atoms with Gasteiger partial charge in [-0.05, 0) is 19.2 Å². The smallest absolute Gasteiger partial charge is 0.108 e. The summed E-state index contributed by atoms with van der Waals surface area (Å²) in [5.41, 5.74) is 0.476. The van der Waals surface area contributed by atoms with Gasteiger partial charge in [0.05, 0.1) is 6.10 Å². The largest absolute Gasteiger partial charge is 0.389 e. The van der Waals surface area contributed by atoms with E-state index in [1.54, 1.807) is 19.2 Å². The van der Waals surface area contributed by atoms with Crippen LogP contribution < -0.4 is 5.32 Å². The molecule has 0 heterocycles. The van der Waals surface area contributed by atoms with Crippen molar-refractivity contribution in [2.24, 2.45) is 0 Å². The Morgan fingerprint density at radius 2 is 2.00 bits per heavy atom. The molecule has 84 valence electrons. The maximum atomic E-state index is 9.77. The molecule has 15 heavy (non-hydrogen) atoms. The molecule has 0 radical (unpaired) electrons. The molecule has 0 fully saturated rings. The maximum Gasteiger partial charge on any atom is 0.108 e. The summed E-state index contributed by atoms with van der Waals surface area (Å²) in [5.74, 6) is 0. The second-order valence-electron chi connectivity index (χ2n) is 3.24. The fourth-order valence-corrected chi connectivity index (χ4v) is 1.79. The molecule has 5 heteroatoms. The Bertz CT molecular complexity index is 333. The third-order valence-corrected chi connectivity index (χ3v) is 2.62. The lowest BCUT2D eigenvalue weighted by molar-refractivity contribution is 0.0203. The van der Waals surface area contributed by atoms with Crippen LogP contribution in [0.25, 0.3) is 0 Å². The van der Waals surface area contributed by atoms with Crippen LogP contribution in [0.1, 0.15) is 11.7 Å². The molecule has 3 nitrogen and oxygen atoms in total. The number of hydrogen-bond acceptors (Lipinski definition) is 3. The van der Waals surface area contributed by atoms with Gasteiger partial charge in [-0.2, -0.15) is 0 Å². The lowest BCUT2D eigenvalue weighted by Crippen LogP contribution is -2.29. The first-order chi connectivity index (χ1) is 7.06. The molecule has 3 N–H and O–H groups in total. The number of benzene rings is 1. The molecule has 1 aromatic carbocycles. The molecule has 0 bridgehead atoms. The average molecular weight is 250 g/mol. The standard InChI is InChI=1S/C10H13Cl2NO2/c1-13-5-9(14)10(15)7-3-2-6(11)4-8(7)12/h2-4,9-10,13-15H,5H2,1H3. The lowest BCUT2D eigenvalue weighted by Gasteiger charge is -2.18. The second-order valence-corrected chi connectivity index (χ2v) is 4.08. The number of aliphatic hydroxyl groups excluding tert-OH is 2. The van der Waals surface area contributed by atoms with Crippen LogP contribution in [0.4, 0.5) is 0 Å². The van der Waals surface area contributed by atoms with Gasteiger partial charge in [0.1, 0.15) is 6.10 Å². The molecule has 0 aliphatic rings. The topological polar surface area (TPSA) is 52.5 Å². The van der Waals surface area contributed by atoms with Crippen molar-refractivity contribution in [3.63, 3.8) is 0 Å². The van der Waals surface area contributed by atoms with Crippen molar-refractivity contribution in [2.45, 2.75) is 12.2 Å². The van der Waals surface area contributed by atoms with E-state index in [1.165, 1.54) is 6.07 Å². The van der Waals surface area contributed by atoms with Crippen LogP contribution in [0.3, 0.4) is 0 Å². The Balaban J connectivity index is 2.86. The summed E-state index contributed by atoms with van der Waals surface area (Å²) in [5, 5.41) is 23.0.